The van der Waals surface area contributed by atoms with Crippen LogP contribution in [0.1, 0.15) is 25.3 Å². The SMILES string of the molecule is CC(C)C1OC(c2ccccc2)P(C([Si](C)(C)C)[Si](C)(C)C)O1. The molecule has 1 aliphatic rings. The Hall–Kier alpha value is 0.00377. The van der Waals surface area contributed by atoms with Crippen LogP contribution in [0, 0.1) is 5.92 Å². The van der Waals surface area contributed by atoms with E-state index in [-0.39, 0.29) is 12.1 Å². The van der Waals surface area contributed by atoms with Crippen LogP contribution in [0.15, 0.2) is 30.3 Å². The third-order valence-corrected chi connectivity index (χ3v) is 20.7. The number of ether oxygens (including phenoxy) is 1. The molecule has 1 aliphatic heterocycles. The summed E-state index contributed by atoms with van der Waals surface area (Å²) >= 11 is 0. The molecule has 2 rings (SSSR count). The normalized spacial score (nSPS) is 26.3. The van der Waals surface area contributed by atoms with Crippen molar-refractivity contribution in [3.63, 3.8) is 0 Å². The van der Waals surface area contributed by atoms with Crippen molar-refractivity contribution in [1.82, 2.24) is 0 Å². The van der Waals surface area contributed by atoms with Crippen LogP contribution in [-0.2, 0) is 9.26 Å². The fourth-order valence-electron chi connectivity index (χ4n) is 3.77. The molecule has 0 bridgehead atoms. The van der Waals surface area contributed by atoms with E-state index < -0.39 is 24.3 Å². The van der Waals surface area contributed by atoms with Crippen molar-refractivity contribution in [2.24, 2.45) is 5.92 Å². The zero-order chi connectivity index (χ0) is 17.4. The molecular weight excluding hydrogens is 335 g/mol. The van der Waals surface area contributed by atoms with Gasteiger partial charge in [0, 0.05) is 5.92 Å². The Morgan fingerprint density at radius 3 is 1.87 bits per heavy atom. The van der Waals surface area contributed by atoms with Crippen molar-refractivity contribution in [2.45, 2.75) is 70.2 Å². The van der Waals surface area contributed by atoms with Gasteiger partial charge >= 0.3 is 0 Å². The quantitative estimate of drug-likeness (QED) is 0.453. The summed E-state index contributed by atoms with van der Waals surface area (Å²) in [6.07, 6.45) is -0.0542. The number of hydrogen-bond acceptors (Lipinski definition) is 2. The maximum absolute atomic E-state index is 6.62. The summed E-state index contributed by atoms with van der Waals surface area (Å²) < 4.78 is 13.1. The fraction of sp³-hybridized carbons (Fsp3) is 0.667. The third-order valence-electron chi connectivity index (χ3n) is 4.24. The zero-order valence-electron chi connectivity index (χ0n) is 16.0. The fourth-order valence-corrected chi connectivity index (χ4v) is 23.2. The molecule has 130 valence electrons. The molecular formula is C18H33O2PSi2. The van der Waals surface area contributed by atoms with Crippen LogP contribution in [-0.4, -0.2) is 27.3 Å². The van der Waals surface area contributed by atoms with Gasteiger partial charge in [-0.05, 0) is 10.5 Å². The number of hydrogen-bond donors (Lipinski definition) is 0. The van der Waals surface area contributed by atoms with Crippen LogP contribution in [0.2, 0.25) is 39.3 Å². The molecule has 1 fully saturated rings. The number of rotatable bonds is 5. The van der Waals surface area contributed by atoms with Crippen molar-refractivity contribution in [3.8, 4) is 0 Å². The van der Waals surface area contributed by atoms with Crippen LogP contribution < -0.4 is 0 Å². The van der Waals surface area contributed by atoms with Crippen LogP contribution in [0.25, 0.3) is 0 Å². The lowest BCUT2D eigenvalue weighted by Crippen LogP contribution is -2.53. The van der Waals surface area contributed by atoms with Crippen molar-refractivity contribution < 1.29 is 9.26 Å². The van der Waals surface area contributed by atoms with E-state index in [4.69, 9.17) is 9.26 Å². The zero-order valence-corrected chi connectivity index (χ0v) is 18.9. The maximum Gasteiger partial charge on any atom is 0.165 e. The summed E-state index contributed by atoms with van der Waals surface area (Å²) in [5, 5.41) is 0. The molecule has 1 aromatic carbocycles. The van der Waals surface area contributed by atoms with E-state index in [0.717, 1.165) is 4.91 Å². The highest BCUT2D eigenvalue weighted by atomic mass is 31.1. The first-order valence-electron chi connectivity index (χ1n) is 8.67. The third kappa shape index (κ3) is 4.55. The van der Waals surface area contributed by atoms with Gasteiger partial charge in [0.1, 0.15) is 5.85 Å². The van der Waals surface area contributed by atoms with Crippen molar-refractivity contribution in [3.05, 3.63) is 35.9 Å². The van der Waals surface area contributed by atoms with Crippen LogP contribution in [0.4, 0.5) is 0 Å². The molecule has 23 heavy (non-hydrogen) atoms. The molecule has 2 nitrogen and oxygen atoms in total. The van der Waals surface area contributed by atoms with Crippen LogP contribution in [0.3, 0.4) is 0 Å². The van der Waals surface area contributed by atoms with Gasteiger partial charge in [-0.15, -0.1) is 0 Å². The Bertz CT molecular complexity index is 494. The predicted molar refractivity (Wildman–Crippen MR) is 107 cm³/mol. The lowest BCUT2D eigenvalue weighted by Gasteiger charge is -2.42. The van der Waals surface area contributed by atoms with Crippen molar-refractivity contribution in [2.75, 3.05) is 0 Å². The van der Waals surface area contributed by atoms with Gasteiger partial charge in [0.2, 0.25) is 0 Å². The van der Waals surface area contributed by atoms with E-state index in [1.807, 2.05) is 0 Å². The first-order chi connectivity index (χ1) is 10.5. The van der Waals surface area contributed by atoms with E-state index in [9.17, 15) is 0 Å². The highest BCUT2D eigenvalue weighted by Crippen LogP contribution is 2.66. The minimum Gasteiger partial charge on any atom is -0.337 e. The molecule has 3 atom stereocenters. The van der Waals surface area contributed by atoms with Gasteiger partial charge in [-0.25, -0.2) is 0 Å². The largest absolute Gasteiger partial charge is 0.337 e. The average molecular weight is 369 g/mol. The molecule has 1 saturated heterocycles. The van der Waals surface area contributed by atoms with Gasteiger partial charge in [-0.2, -0.15) is 0 Å². The van der Waals surface area contributed by atoms with E-state index in [1.54, 1.807) is 0 Å². The van der Waals surface area contributed by atoms with Gasteiger partial charge in [0.25, 0.3) is 0 Å². The average Bonchev–Trinajstić information content (AvgIpc) is 2.81. The molecule has 0 aliphatic carbocycles. The van der Waals surface area contributed by atoms with Crippen molar-refractivity contribution in [1.29, 1.82) is 0 Å². The van der Waals surface area contributed by atoms with Crippen molar-refractivity contribution >= 4 is 24.3 Å². The topological polar surface area (TPSA) is 18.5 Å². The van der Waals surface area contributed by atoms with Gasteiger partial charge in [0.15, 0.2) is 6.29 Å². The summed E-state index contributed by atoms with van der Waals surface area (Å²) in [6, 6.07) is 10.7. The first kappa shape index (κ1) is 19.3. The first-order valence-corrected chi connectivity index (χ1v) is 17.2. The highest BCUT2D eigenvalue weighted by Gasteiger charge is 2.51. The molecule has 5 heteroatoms. The number of benzene rings is 1. The van der Waals surface area contributed by atoms with Crippen LogP contribution >= 0.6 is 8.15 Å². The summed E-state index contributed by atoms with van der Waals surface area (Å²) in [5.74, 6) is 0.541. The molecule has 0 spiro atoms. The standard InChI is InChI=1S/C18H33O2PSi2/c1-14(2)16-19-17(15-12-10-9-11-13-15)21(20-16)18(22(3,4)5)23(6,7)8/h9-14,16-18H,1-8H3. The molecule has 0 saturated carbocycles. The Morgan fingerprint density at radius 1 is 0.913 bits per heavy atom. The second-order valence-electron chi connectivity index (χ2n) is 9.11. The summed E-state index contributed by atoms with van der Waals surface area (Å²) in [4.78, 5) is 0.735. The van der Waals surface area contributed by atoms with E-state index >= 15 is 0 Å². The van der Waals surface area contributed by atoms with E-state index in [1.165, 1.54) is 5.56 Å². The molecule has 0 N–H and O–H groups in total. The summed E-state index contributed by atoms with van der Waals surface area (Å²) in [6.45, 7) is 19.4. The second-order valence-corrected chi connectivity index (χ2v) is 23.2. The summed E-state index contributed by atoms with van der Waals surface area (Å²) in [7, 11) is -3.28. The minimum absolute atomic E-state index is 0.0542. The van der Waals surface area contributed by atoms with Gasteiger partial charge in [0.05, 0.1) is 24.3 Å². The smallest absolute Gasteiger partial charge is 0.165 e. The molecule has 0 radical (unpaired) electrons. The summed E-state index contributed by atoms with van der Waals surface area (Å²) in [5.41, 5.74) is 1.29. The molecule has 0 aromatic heterocycles. The predicted octanol–water partition coefficient (Wildman–Crippen LogP) is 6.23. The Morgan fingerprint density at radius 2 is 1.43 bits per heavy atom. The monoisotopic (exact) mass is 368 g/mol. The minimum atomic E-state index is -1.34. The lowest BCUT2D eigenvalue weighted by atomic mass is 10.2. The van der Waals surface area contributed by atoms with E-state index in [2.05, 4.69) is 83.5 Å². The van der Waals surface area contributed by atoms with Gasteiger partial charge < -0.3 is 9.26 Å². The molecule has 1 aromatic rings. The maximum atomic E-state index is 6.62. The molecule has 0 amide bonds. The van der Waals surface area contributed by atoms with Gasteiger partial charge in [-0.1, -0.05) is 83.5 Å². The molecule has 1 heterocycles. The second kappa shape index (κ2) is 7.09. The lowest BCUT2D eigenvalue weighted by molar-refractivity contribution is -0.0771. The Balaban J connectivity index is 2.42. The molecule has 3 unspecified atom stereocenters. The highest BCUT2D eigenvalue weighted by molar-refractivity contribution is 7.61. The Kier molecular flexibility index (Phi) is 5.96. The van der Waals surface area contributed by atoms with Crippen LogP contribution in [0.5, 0.6) is 0 Å². The van der Waals surface area contributed by atoms with Gasteiger partial charge in [-0.3, -0.25) is 0 Å². The Labute approximate surface area is 145 Å². The van der Waals surface area contributed by atoms with E-state index in [0.29, 0.717) is 5.92 Å².